The van der Waals surface area contributed by atoms with Gasteiger partial charge >= 0.3 is 0 Å². The minimum Gasteiger partial charge on any atom is -0.506 e. The van der Waals surface area contributed by atoms with Gasteiger partial charge in [0, 0.05) is 33.3 Å². The lowest BCUT2D eigenvalue weighted by molar-refractivity contribution is 0.204. The second-order valence-electron chi connectivity index (χ2n) is 6.71. The van der Waals surface area contributed by atoms with Gasteiger partial charge in [0.15, 0.2) is 5.96 Å². The van der Waals surface area contributed by atoms with Crippen LogP contribution in [-0.2, 0) is 4.74 Å². The molecular formula is C21H28N4O2. The number of guanidine groups is 1. The van der Waals surface area contributed by atoms with Crippen LogP contribution in [0.4, 0.5) is 5.69 Å². The number of piperazine rings is 1. The Morgan fingerprint density at radius 3 is 2.52 bits per heavy atom. The highest BCUT2D eigenvalue weighted by molar-refractivity contribution is 5.95. The lowest BCUT2D eigenvalue weighted by Gasteiger charge is -2.34. The highest BCUT2D eigenvalue weighted by Gasteiger charge is 2.18. The van der Waals surface area contributed by atoms with Crippen molar-refractivity contribution in [3.8, 4) is 16.9 Å². The van der Waals surface area contributed by atoms with E-state index in [-0.39, 0.29) is 5.75 Å². The van der Waals surface area contributed by atoms with Crippen LogP contribution in [0.1, 0.15) is 0 Å². The molecule has 6 heteroatoms. The van der Waals surface area contributed by atoms with E-state index in [4.69, 9.17) is 4.74 Å². The molecule has 0 atom stereocenters. The summed E-state index contributed by atoms with van der Waals surface area (Å²) in [5.41, 5.74) is 2.81. The summed E-state index contributed by atoms with van der Waals surface area (Å²) in [5, 5.41) is 13.7. The maximum Gasteiger partial charge on any atom is 0.198 e. The molecule has 0 radical (unpaired) electrons. The van der Waals surface area contributed by atoms with Crippen molar-refractivity contribution in [2.24, 2.45) is 4.99 Å². The van der Waals surface area contributed by atoms with Gasteiger partial charge in [0.1, 0.15) is 5.75 Å². The fourth-order valence-electron chi connectivity index (χ4n) is 3.05. The largest absolute Gasteiger partial charge is 0.506 e. The standard InChI is InChI=1S/C21H28N4O2/c1-24-11-13-25(14-12-24)21(22-10-15-27-2)23-19-16-18(8-9-20(19)26)17-6-4-3-5-7-17/h3-9,16,26H,10-15H2,1-2H3,(H,22,23). The summed E-state index contributed by atoms with van der Waals surface area (Å²) in [6.45, 7) is 4.91. The summed E-state index contributed by atoms with van der Waals surface area (Å²) in [7, 11) is 3.80. The number of benzene rings is 2. The highest BCUT2D eigenvalue weighted by Crippen LogP contribution is 2.30. The van der Waals surface area contributed by atoms with E-state index in [0.29, 0.717) is 18.8 Å². The van der Waals surface area contributed by atoms with Crippen LogP contribution in [0.2, 0.25) is 0 Å². The van der Waals surface area contributed by atoms with Crippen molar-refractivity contribution in [1.82, 2.24) is 9.80 Å². The van der Waals surface area contributed by atoms with Crippen molar-refractivity contribution in [2.45, 2.75) is 0 Å². The van der Waals surface area contributed by atoms with Crippen LogP contribution >= 0.6 is 0 Å². The smallest absolute Gasteiger partial charge is 0.198 e. The van der Waals surface area contributed by atoms with E-state index in [2.05, 4.69) is 39.3 Å². The van der Waals surface area contributed by atoms with Crippen LogP contribution < -0.4 is 5.32 Å². The first-order valence-corrected chi connectivity index (χ1v) is 9.29. The fourth-order valence-corrected chi connectivity index (χ4v) is 3.05. The summed E-state index contributed by atoms with van der Waals surface area (Å²) in [5.74, 6) is 0.990. The molecule has 0 unspecified atom stereocenters. The Balaban J connectivity index is 1.83. The Morgan fingerprint density at radius 1 is 1.07 bits per heavy atom. The minimum atomic E-state index is 0.211. The maximum atomic E-state index is 10.4. The summed E-state index contributed by atoms with van der Waals surface area (Å²) >= 11 is 0. The summed E-state index contributed by atoms with van der Waals surface area (Å²) in [6.07, 6.45) is 0. The quantitative estimate of drug-likeness (QED) is 0.368. The second kappa shape index (κ2) is 9.39. The summed E-state index contributed by atoms with van der Waals surface area (Å²) < 4.78 is 5.14. The van der Waals surface area contributed by atoms with E-state index >= 15 is 0 Å². The molecule has 0 spiro atoms. The molecule has 0 bridgehead atoms. The van der Waals surface area contributed by atoms with Gasteiger partial charge in [0.05, 0.1) is 18.8 Å². The SMILES string of the molecule is COCCN=C(Nc1cc(-c2ccccc2)ccc1O)N1CCN(C)CC1. The Hall–Kier alpha value is -2.57. The van der Waals surface area contributed by atoms with Crippen molar-refractivity contribution >= 4 is 11.6 Å². The third kappa shape index (κ3) is 5.21. The van der Waals surface area contributed by atoms with Gasteiger partial charge in [-0.1, -0.05) is 36.4 Å². The molecule has 0 amide bonds. The molecule has 0 aliphatic carbocycles. The highest BCUT2D eigenvalue weighted by atomic mass is 16.5. The molecule has 144 valence electrons. The van der Waals surface area contributed by atoms with Gasteiger partial charge in [0.25, 0.3) is 0 Å². The number of methoxy groups -OCH3 is 1. The number of phenolic OH excluding ortho intramolecular Hbond substituents is 1. The zero-order valence-electron chi connectivity index (χ0n) is 16.1. The van der Waals surface area contributed by atoms with E-state index in [0.717, 1.165) is 43.3 Å². The molecule has 6 nitrogen and oxygen atoms in total. The molecule has 2 aromatic rings. The Bertz CT molecular complexity index is 756. The lowest BCUT2D eigenvalue weighted by Crippen LogP contribution is -2.49. The number of likely N-dealkylation sites (N-methyl/N-ethyl adjacent to an activating group) is 1. The number of anilines is 1. The third-order valence-electron chi connectivity index (χ3n) is 4.71. The molecule has 2 aromatic carbocycles. The van der Waals surface area contributed by atoms with Crippen LogP contribution in [0.5, 0.6) is 5.75 Å². The first-order valence-electron chi connectivity index (χ1n) is 9.29. The molecule has 2 N–H and O–H groups in total. The Morgan fingerprint density at radius 2 is 1.81 bits per heavy atom. The Kier molecular flexibility index (Phi) is 6.68. The normalized spacial score (nSPS) is 15.8. The van der Waals surface area contributed by atoms with Crippen LogP contribution in [0, 0.1) is 0 Å². The molecular weight excluding hydrogens is 340 g/mol. The number of phenols is 1. The average molecular weight is 368 g/mol. The number of aromatic hydroxyl groups is 1. The number of aliphatic imine (C=N–C) groups is 1. The molecule has 0 aromatic heterocycles. The van der Waals surface area contributed by atoms with E-state index in [1.807, 2.05) is 30.3 Å². The predicted octanol–water partition coefficient (Wildman–Crippen LogP) is 2.72. The predicted molar refractivity (Wildman–Crippen MR) is 110 cm³/mol. The lowest BCUT2D eigenvalue weighted by atomic mass is 10.0. The van der Waals surface area contributed by atoms with Crippen molar-refractivity contribution < 1.29 is 9.84 Å². The topological polar surface area (TPSA) is 60.3 Å². The first-order chi connectivity index (χ1) is 13.2. The molecule has 1 aliphatic heterocycles. The van der Waals surface area contributed by atoms with Gasteiger partial charge in [-0.05, 0) is 30.3 Å². The molecule has 1 heterocycles. The van der Waals surface area contributed by atoms with Gasteiger partial charge in [-0.15, -0.1) is 0 Å². The van der Waals surface area contributed by atoms with Gasteiger partial charge in [-0.2, -0.15) is 0 Å². The van der Waals surface area contributed by atoms with Gasteiger partial charge in [-0.3, -0.25) is 4.99 Å². The zero-order valence-corrected chi connectivity index (χ0v) is 16.1. The number of nitrogens with zero attached hydrogens (tertiary/aromatic N) is 3. The van der Waals surface area contributed by atoms with E-state index in [1.54, 1.807) is 13.2 Å². The molecule has 27 heavy (non-hydrogen) atoms. The summed E-state index contributed by atoms with van der Waals surface area (Å²) in [6, 6.07) is 15.8. The van der Waals surface area contributed by atoms with Crippen LogP contribution in [0.25, 0.3) is 11.1 Å². The van der Waals surface area contributed by atoms with Gasteiger partial charge < -0.3 is 25.0 Å². The zero-order chi connectivity index (χ0) is 19.1. The van der Waals surface area contributed by atoms with Crippen molar-refractivity contribution in [3.05, 3.63) is 48.5 Å². The van der Waals surface area contributed by atoms with E-state index in [9.17, 15) is 5.11 Å². The average Bonchev–Trinajstić information content (AvgIpc) is 2.70. The Labute approximate surface area is 161 Å². The fraction of sp³-hybridized carbons (Fsp3) is 0.381. The molecule has 1 saturated heterocycles. The van der Waals surface area contributed by atoms with E-state index < -0.39 is 0 Å². The molecule has 1 fully saturated rings. The minimum absolute atomic E-state index is 0.211. The number of nitrogens with one attached hydrogen (secondary N) is 1. The molecule has 0 saturated carbocycles. The number of hydrogen-bond acceptors (Lipinski definition) is 4. The number of ether oxygens (including phenoxy) is 1. The van der Waals surface area contributed by atoms with Crippen LogP contribution in [-0.4, -0.2) is 74.4 Å². The molecule has 1 aliphatic rings. The first kappa shape index (κ1) is 19.2. The molecule has 3 rings (SSSR count). The number of rotatable bonds is 5. The number of hydrogen-bond donors (Lipinski definition) is 2. The van der Waals surface area contributed by atoms with Crippen LogP contribution in [0.15, 0.2) is 53.5 Å². The van der Waals surface area contributed by atoms with E-state index in [1.165, 1.54) is 0 Å². The van der Waals surface area contributed by atoms with Gasteiger partial charge in [-0.25, -0.2) is 0 Å². The monoisotopic (exact) mass is 368 g/mol. The van der Waals surface area contributed by atoms with Crippen LogP contribution in [0.3, 0.4) is 0 Å². The van der Waals surface area contributed by atoms with Crippen molar-refractivity contribution in [2.75, 3.05) is 58.8 Å². The maximum absolute atomic E-state index is 10.4. The van der Waals surface area contributed by atoms with Crippen molar-refractivity contribution in [3.63, 3.8) is 0 Å². The second-order valence-corrected chi connectivity index (χ2v) is 6.71. The summed E-state index contributed by atoms with van der Waals surface area (Å²) in [4.78, 5) is 9.21. The third-order valence-corrected chi connectivity index (χ3v) is 4.71. The van der Waals surface area contributed by atoms with Gasteiger partial charge in [0.2, 0.25) is 0 Å². The van der Waals surface area contributed by atoms with Crippen molar-refractivity contribution in [1.29, 1.82) is 0 Å².